The van der Waals surface area contributed by atoms with Gasteiger partial charge in [-0.25, -0.2) is 9.78 Å². The lowest BCUT2D eigenvalue weighted by Gasteiger charge is -2.30. The zero-order chi connectivity index (χ0) is 27.1. The fraction of sp³-hybridized carbons (Fsp3) is 0.519. The molecule has 1 N–H and O–H groups in total. The van der Waals surface area contributed by atoms with E-state index in [1.54, 1.807) is 34.7 Å². The van der Waals surface area contributed by atoms with Gasteiger partial charge in [-0.1, -0.05) is 0 Å². The first-order valence-corrected chi connectivity index (χ1v) is 14.2. The minimum absolute atomic E-state index is 0. The lowest BCUT2D eigenvalue weighted by Crippen LogP contribution is -2.40. The first kappa shape index (κ1) is 30.5. The molecule has 39 heavy (non-hydrogen) atoms. The van der Waals surface area contributed by atoms with Crippen molar-refractivity contribution in [2.75, 3.05) is 49.5 Å². The normalized spacial score (nSPS) is 16.1. The van der Waals surface area contributed by atoms with Crippen LogP contribution < -0.4 is 15.0 Å². The highest BCUT2D eigenvalue weighted by atomic mass is 35.5. The van der Waals surface area contributed by atoms with Crippen molar-refractivity contribution in [2.45, 2.75) is 51.2 Å². The molecule has 0 saturated carbocycles. The molecular formula is C27H35ClN6O4S. The van der Waals surface area contributed by atoms with Crippen LogP contribution in [0.25, 0.3) is 0 Å². The van der Waals surface area contributed by atoms with Crippen LogP contribution in [-0.2, 0) is 28.9 Å². The number of fused-ring (bicyclic) bond motifs is 1. The van der Waals surface area contributed by atoms with Gasteiger partial charge < -0.3 is 14.4 Å². The predicted octanol–water partition coefficient (Wildman–Crippen LogP) is 4.20. The summed E-state index contributed by atoms with van der Waals surface area (Å²) in [4.78, 5) is 38.3. The molecule has 0 radical (unpaired) electrons. The second-order valence-electron chi connectivity index (χ2n) is 9.46. The smallest absolute Gasteiger partial charge is 0.328 e. The number of carbonyl (C=O) groups excluding carboxylic acids is 2. The van der Waals surface area contributed by atoms with E-state index in [0.29, 0.717) is 42.8 Å². The zero-order valence-corrected chi connectivity index (χ0v) is 24.2. The number of methoxy groups -OCH3 is 1. The van der Waals surface area contributed by atoms with Gasteiger partial charge in [-0.2, -0.15) is 22.0 Å². The Kier molecular flexibility index (Phi) is 11.2. The second-order valence-corrected chi connectivity index (χ2v) is 10.4. The maximum Gasteiger partial charge on any atom is 0.328 e. The van der Waals surface area contributed by atoms with Gasteiger partial charge in [0.25, 0.3) is 5.91 Å². The van der Waals surface area contributed by atoms with Gasteiger partial charge in [-0.15, -0.1) is 12.4 Å². The monoisotopic (exact) mass is 574 g/mol. The van der Waals surface area contributed by atoms with Crippen molar-refractivity contribution >= 4 is 47.7 Å². The first-order valence-electron chi connectivity index (χ1n) is 12.8. The topological polar surface area (TPSA) is 121 Å². The van der Waals surface area contributed by atoms with Crippen LogP contribution in [0.4, 0.5) is 16.4 Å². The fourth-order valence-electron chi connectivity index (χ4n) is 4.82. The van der Waals surface area contributed by atoms with Crippen LogP contribution in [0.5, 0.6) is 5.88 Å². The summed E-state index contributed by atoms with van der Waals surface area (Å²) >= 11 is 1.76. The van der Waals surface area contributed by atoms with E-state index in [9.17, 15) is 14.9 Å². The number of nitriles is 1. The van der Waals surface area contributed by atoms with Gasteiger partial charge in [0.2, 0.25) is 5.88 Å². The number of likely N-dealkylation sites (N-methyl/N-ethyl adjacent to an activating group) is 1. The molecule has 10 nitrogen and oxygen atoms in total. The third-order valence-corrected chi connectivity index (χ3v) is 7.47. The number of urea groups is 1. The molecule has 0 unspecified atom stereocenters. The number of nitrogens with one attached hydrogen (secondary N) is 1. The van der Waals surface area contributed by atoms with E-state index < -0.39 is 6.10 Å². The number of nitrogens with zero attached hydrogens (tertiary/aromatic N) is 5. The van der Waals surface area contributed by atoms with Crippen molar-refractivity contribution in [3.05, 3.63) is 40.6 Å². The molecule has 4 rings (SSSR count). The molecule has 0 spiro atoms. The summed E-state index contributed by atoms with van der Waals surface area (Å²) in [6.45, 7) is 1.45. The molecular weight excluding hydrogens is 540 g/mol. The summed E-state index contributed by atoms with van der Waals surface area (Å²) in [5.74, 6) is 2.26. The largest absolute Gasteiger partial charge is 0.481 e. The SMILES string of the molecule is COc1nc2c(cc1CN(C)C(=O)[C@H]1CCCO1)CCCN2C(=O)Nc1cc(CCCSC)c(C#N)cn1.Cl. The maximum atomic E-state index is 13.3. The minimum Gasteiger partial charge on any atom is -0.481 e. The average molecular weight is 575 g/mol. The molecule has 2 aromatic heterocycles. The van der Waals surface area contributed by atoms with E-state index in [2.05, 4.69) is 27.6 Å². The highest BCUT2D eigenvalue weighted by Crippen LogP contribution is 2.32. The molecule has 1 fully saturated rings. The Bertz CT molecular complexity index is 1220. The fourth-order valence-corrected chi connectivity index (χ4v) is 5.26. The molecule has 210 valence electrons. The first-order chi connectivity index (χ1) is 18.4. The Balaban J connectivity index is 0.00000420. The van der Waals surface area contributed by atoms with Crippen LogP contribution in [0.2, 0.25) is 0 Å². The highest BCUT2D eigenvalue weighted by Gasteiger charge is 2.29. The molecule has 0 aliphatic carbocycles. The average Bonchev–Trinajstić information content (AvgIpc) is 3.47. The number of ether oxygens (including phenoxy) is 2. The number of hydrogen-bond acceptors (Lipinski definition) is 8. The highest BCUT2D eigenvalue weighted by molar-refractivity contribution is 7.98. The van der Waals surface area contributed by atoms with Gasteiger partial charge in [-0.3, -0.25) is 15.0 Å². The summed E-state index contributed by atoms with van der Waals surface area (Å²) in [6.07, 6.45) is 8.02. The van der Waals surface area contributed by atoms with Crippen molar-refractivity contribution in [3.8, 4) is 11.9 Å². The lowest BCUT2D eigenvalue weighted by molar-refractivity contribution is -0.140. The number of amides is 3. The molecule has 2 aliphatic heterocycles. The number of aromatic nitrogens is 2. The van der Waals surface area contributed by atoms with Gasteiger partial charge in [0.1, 0.15) is 23.8 Å². The Hall–Kier alpha value is -3.07. The van der Waals surface area contributed by atoms with Crippen LogP contribution in [0, 0.1) is 11.3 Å². The number of pyridine rings is 2. The van der Waals surface area contributed by atoms with Crippen molar-refractivity contribution in [3.63, 3.8) is 0 Å². The molecule has 12 heteroatoms. The summed E-state index contributed by atoms with van der Waals surface area (Å²) in [5.41, 5.74) is 3.10. The van der Waals surface area contributed by atoms with E-state index in [1.807, 2.05) is 6.07 Å². The molecule has 0 bridgehead atoms. The van der Waals surface area contributed by atoms with Crippen molar-refractivity contribution in [1.82, 2.24) is 14.9 Å². The summed E-state index contributed by atoms with van der Waals surface area (Å²) in [5, 5.41) is 12.3. The van der Waals surface area contributed by atoms with Crippen molar-refractivity contribution in [1.29, 1.82) is 5.26 Å². The van der Waals surface area contributed by atoms with E-state index >= 15 is 0 Å². The molecule has 4 heterocycles. The predicted molar refractivity (Wildman–Crippen MR) is 154 cm³/mol. The quantitative estimate of drug-likeness (QED) is 0.442. The van der Waals surface area contributed by atoms with Crippen LogP contribution >= 0.6 is 24.2 Å². The van der Waals surface area contributed by atoms with Gasteiger partial charge in [-0.05, 0) is 73.8 Å². The third kappa shape index (κ3) is 7.32. The van der Waals surface area contributed by atoms with Gasteiger partial charge in [0.05, 0.1) is 19.2 Å². The van der Waals surface area contributed by atoms with Gasteiger partial charge in [0, 0.05) is 32.0 Å². The Morgan fingerprint density at radius 1 is 1.33 bits per heavy atom. The number of hydrogen-bond donors (Lipinski definition) is 1. The Labute approximate surface area is 239 Å². The van der Waals surface area contributed by atoms with Crippen LogP contribution in [-0.4, -0.2) is 72.2 Å². The van der Waals surface area contributed by atoms with E-state index in [-0.39, 0.29) is 24.3 Å². The number of halogens is 1. The van der Waals surface area contributed by atoms with Gasteiger partial charge in [0.15, 0.2) is 0 Å². The number of carbonyl (C=O) groups is 2. The standard InChI is InChI=1S/C27H34N6O4S.ClH/c1-32(26(34)22-9-5-11-37-22)17-20-13-19-7-4-10-33(24(19)31-25(20)36-2)27(35)30-23-14-18(8-6-12-38-3)21(15-28)16-29-23;/h13-14,16,22H,4-12,17H2,1-3H3,(H,29,30,35);1H/t22-;/m1./s1. The van der Waals surface area contributed by atoms with E-state index in [4.69, 9.17) is 9.47 Å². The molecule has 0 aromatic carbocycles. The lowest BCUT2D eigenvalue weighted by atomic mass is 10.0. The van der Waals surface area contributed by atoms with Crippen molar-refractivity contribution in [2.24, 2.45) is 0 Å². The molecule has 2 aromatic rings. The number of thioether (sulfide) groups is 1. The molecule has 2 aliphatic rings. The molecule has 3 amide bonds. The number of anilines is 2. The van der Waals surface area contributed by atoms with Crippen LogP contribution in [0.15, 0.2) is 18.3 Å². The van der Waals surface area contributed by atoms with Crippen molar-refractivity contribution < 1.29 is 19.1 Å². The van der Waals surface area contributed by atoms with E-state index in [0.717, 1.165) is 61.0 Å². The Morgan fingerprint density at radius 2 is 2.15 bits per heavy atom. The number of aryl methyl sites for hydroxylation is 2. The van der Waals surface area contributed by atoms with Crippen LogP contribution in [0.1, 0.15) is 47.9 Å². The van der Waals surface area contributed by atoms with E-state index in [1.165, 1.54) is 13.3 Å². The summed E-state index contributed by atoms with van der Waals surface area (Å²) in [7, 11) is 3.29. The Morgan fingerprint density at radius 3 is 2.85 bits per heavy atom. The van der Waals surface area contributed by atoms with Gasteiger partial charge >= 0.3 is 6.03 Å². The summed E-state index contributed by atoms with van der Waals surface area (Å²) in [6, 6.07) is 5.60. The molecule has 1 atom stereocenters. The zero-order valence-electron chi connectivity index (χ0n) is 22.6. The summed E-state index contributed by atoms with van der Waals surface area (Å²) < 4.78 is 11.1. The number of rotatable bonds is 9. The minimum atomic E-state index is -0.391. The molecule has 1 saturated heterocycles. The third-order valence-electron chi connectivity index (χ3n) is 6.77. The maximum absolute atomic E-state index is 13.3. The second kappa shape index (κ2) is 14.4. The van der Waals surface area contributed by atoms with Crippen LogP contribution in [0.3, 0.4) is 0 Å².